The van der Waals surface area contributed by atoms with Crippen molar-refractivity contribution in [2.45, 2.75) is 20.4 Å². The Kier molecular flexibility index (Phi) is 5.05. The van der Waals surface area contributed by atoms with Crippen molar-refractivity contribution >= 4 is 17.4 Å². The zero-order valence-corrected chi connectivity index (χ0v) is 16.9. The lowest BCUT2D eigenvalue weighted by molar-refractivity contribution is -0.116. The SMILES string of the molecule is COc1cccc(NC(=O)Cn2c(C)cc(=O)n3nc(-c4ccccc4C)nc23)c1. The molecule has 30 heavy (non-hydrogen) atoms. The number of amides is 1. The number of aromatic nitrogens is 4. The summed E-state index contributed by atoms with van der Waals surface area (Å²) in [6, 6.07) is 16.2. The Balaban J connectivity index is 1.70. The minimum absolute atomic E-state index is 0.0152. The third-order valence-corrected chi connectivity index (χ3v) is 4.84. The summed E-state index contributed by atoms with van der Waals surface area (Å²) in [5.41, 5.74) is 2.79. The van der Waals surface area contributed by atoms with Gasteiger partial charge in [0.25, 0.3) is 5.56 Å². The Morgan fingerprint density at radius 3 is 2.67 bits per heavy atom. The summed E-state index contributed by atoms with van der Waals surface area (Å²) in [7, 11) is 1.57. The number of methoxy groups -OCH3 is 1. The van der Waals surface area contributed by atoms with Crippen LogP contribution in [0.15, 0.2) is 59.4 Å². The predicted molar refractivity (Wildman–Crippen MR) is 114 cm³/mol. The quantitative estimate of drug-likeness (QED) is 0.553. The molecular formula is C22H21N5O3. The van der Waals surface area contributed by atoms with Crippen LogP contribution in [0, 0.1) is 13.8 Å². The number of anilines is 1. The fourth-order valence-electron chi connectivity index (χ4n) is 3.28. The molecule has 0 aliphatic heterocycles. The zero-order chi connectivity index (χ0) is 21.3. The van der Waals surface area contributed by atoms with Crippen molar-refractivity contribution in [3.63, 3.8) is 0 Å². The van der Waals surface area contributed by atoms with Gasteiger partial charge in [0.1, 0.15) is 12.3 Å². The third kappa shape index (κ3) is 3.67. The average molecular weight is 403 g/mol. The van der Waals surface area contributed by atoms with Crippen molar-refractivity contribution < 1.29 is 9.53 Å². The molecule has 1 N–H and O–H groups in total. The van der Waals surface area contributed by atoms with Crippen LogP contribution in [-0.4, -0.2) is 32.2 Å². The molecule has 0 spiro atoms. The molecule has 1 amide bonds. The van der Waals surface area contributed by atoms with E-state index >= 15 is 0 Å². The summed E-state index contributed by atoms with van der Waals surface area (Å²) in [5, 5.41) is 7.23. The lowest BCUT2D eigenvalue weighted by Crippen LogP contribution is -2.25. The molecule has 0 aliphatic carbocycles. The van der Waals surface area contributed by atoms with Gasteiger partial charge < -0.3 is 14.6 Å². The first-order chi connectivity index (χ1) is 14.5. The molecule has 2 aromatic carbocycles. The molecule has 2 aromatic heterocycles. The first kappa shape index (κ1) is 19.4. The number of carbonyl (C=O) groups is 1. The van der Waals surface area contributed by atoms with E-state index in [1.54, 1.807) is 42.9 Å². The molecule has 0 saturated heterocycles. The monoisotopic (exact) mass is 403 g/mol. The second-order valence-electron chi connectivity index (χ2n) is 6.95. The highest BCUT2D eigenvalue weighted by Crippen LogP contribution is 2.20. The van der Waals surface area contributed by atoms with Gasteiger partial charge in [0.05, 0.1) is 7.11 Å². The van der Waals surface area contributed by atoms with E-state index in [0.717, 1.165) is 11.1 Å². The molecule has 0 atom stereocenters. The topological polar surface area (TPSA) is 90.5 Å². The smallest absolute Gasteiger partial charge is 0.275 e. The van der Waals surface area contributed by atoms with Crippen molar-refractivity contribution in [2.75, 3.05) is 12.4 Å². The molecule has 0 bridgehead atoms. The Labute approximate surface area is 172 Å². The number of nitrogens with one attached hydrogen (secondary N) is 1. The molecule has 0 unspecified atom stereocenters. The first-order valence-electron chi connectivity index (χ1n) is 9.43. The highest BCUT2D eigenvalue weighted by atomic mass is 16.5. The lowest BCUT2D eigenvalue weighted by Gasteiger charge is -2.12. The van der Waals surface area contributed by atoms with E-state index < -0.39 is 0 Å². The van der Waals surface area contributed by atoms with Crippen LogP contribution in [0.4, 0.5) is 5.69 Å². The maximum atomic E-state index is 12.7. The van der Waals surface area contributed by atoms with Gasteiger partial charge in [0.2, 0.25) is 11.7 Å². The van der Waals surface area contributed by atoms with E-state index in [4.69, 9.17) is 4.74 Å². The second kappa shape index (κ2) is 7.82. The first-order valence-corrected chi connectivity index (χ1v) is 9.43. The van der Waals surface area contributed by atoms with Gasteiger partial charge in [-0.05, 0) is 31.5 Å². The van der Waals surface area contributed by atoms with Gasteiger partial charge in [0, 0.05) is 29.1 Å². The number of carbonyl (C=O) groups excluding carboxylic acids is 1. The van der Waals surface area contributed by atoms with Crippen molar-refractivity contribution in [2.24, 2.45) is 0 Å². The summed E-state index contributed by atoms with van der Waals surface area (Å²) in [6.45, 7) is 3.71. The Bertz CT molecular complexity index is 1310. The second-order valence-corrected chi connectivity index (χ2v) is 6.95. The lowest BCUT2D eigenvalue weighted by atomic mass is 10.1. The van der Waals surface area contributed by atoms with Crippen molar-refractivity contribution in [3.05, 3.63) is 76.2 Å². The molecule has 4 rings (SSSR count). The third-order valence-electron chi connectivity index (χ3n) is 4.84. The Morgan fingerprint density at radius 1 is 1.10 bits per heavy atom. The van der Waals surface area contributed by atoms with Crippen molar-refractivity contribution in [1.82, 2.24) is 19.2 Å². The summed E-state index contributed by atoms with van der Waals surface area (Å²) >= 11 is 0. The number of hydrogen-bond acceptors (Lipinski definition) is 5. The Hall–Kier alpha value is -3.94. The summed E-state index contributed by atoms with van der Waals surface area (Å²) in [6.07, 6.45) is 0. The summed E-state index contributed by atoms with van der Waals surface area (Å²) in [5.74, 6) is 1.16. The van der Waals surface area contributed by atoms with Crippen LogP contribution in [0.25, 0.3) is 17.2 Å². The van der Waals surface area contributed by atoms with Gasteiger partial charge in [-0.2, -0.15) is 9.50 Å². The van der Waals surface area contributed by atoms with Gasteiger partial charge in [-0.15, -0.1) is 5.10 Å². The molecule has 8 nitrogen and oxygen atoms in total. The largest absolute Gasteiger partial charge is 0.497 e. The van der Waals surface area contributed by atoms with E-state index in [2.05, 4.69) is 15.4 Å². The van der Waals surface area contributed by atoms with Crippen molar-refractivity contribution in [3.8, 4) is 17.1 Å². The van der Waals surface area contributed by atoms with E-state index in [1.165, 1.54) is 10.6 Å². The fraction of sp³-hybridized carbons (Fsp3) is 0.182. The maximum absolute atomic E-state index is 12.7. The molecule has 2 heterocycles. The number of rotatable bonds is 5. The van der Waals surface area contributed by atoms with Crippen LogP contribution >= 0.6 is 0 Å². The van der Waals surface area contributed by atoms with Crippen LogP contribution in [0.5, 0.6) is 5.75 Å². The normalized spacial score (nSPS) is 10.9. The Morgan fingerprint density at radius 2 is 1.90 bits per heavy atom. The van der Waals surface area contributed by atoms with Gasteiger partial charge in [-0.25, -0.2) is 0 Å². The number of fused-ring (bicyclic) bond motifs is 1. The molecular weight excluding hydrogens is 382 g/mol. The highest BCUT2D eigenvalue weighted by Gasteiger charge is 2.16. The molecule has 4 aromatic rings. The van der Waals surface area contributed by atoms with Gasteiger partial charge in [-0.3, -0.25) is 9.59 Å². The van der Waals surface area contributed by atoms with Crippen LogP contribution in [0.1, 0.15) is 11.3 Å². The molecule has 8 heteroatoms. The standard InChI is InChI=1S/C22H21N5O3/c1-14-7-4-5-10-18(14)21-24-22-26(15(2)11-20(29)27(22)25-21)13-19(28)23-16-8-6-9-17(12-16)30-3/h4-12H,13H2,1-3H3,(H,23,28). The van der Waals surface area contributed by atoms with Gasteiger partial charge >= 0.3 is 0 Å². The number of hydrogen-bond donors (Lipinski definition) is 1. The van der Waals surface area contributed by atoms with E-state index in [-0.39, 0.29) is 18.0 Å². The molecule has 0 saturated carbocycles. The van der Waals surface area contributed by atoms with Crippen LogP contribution in [-0.2, 0) is 11.3 Å². The number of benzene rings is 2. The fourth-order valence-corrected chi connectivity index (χ4v) is 3.28. The van der Waals surface area contributed by atoms with E-state index in [0.29, 0.717) is 28.7 Å². The van der Waals surface area contributed by atoms with Crippen molar-refractivity contribution in [1.29, 1.82) is 0 Å². The predicted octanol–water partition coefficient (Wildman–Crippen LogP) is 2.82. The molecule has 0 fully saturated rings. The summed E-state index contributed by atoms with van der Waals surface area (Å²) in [4.78, 5) is 29.7. The van der Waals surface area contributed by atoms with Gasteiger partial charge in [0.15, 0.2) is 5.82 Å². The minimum Gasteiger partial charge on any atom is -0.497 e. The highest BCUT2D eigenvalue weighted by molar-refractivity contribution is 5.91. The van der Waals surface area contributed by atoms with Crippen LogP contribution < -0.4 is 15.6 Å². The number of nitrogens with zero attached hydrogens (tertiary/aromatic N) is 4. The van der Waals surface area contributed by atoms with Crippen LogP contribution in [0.3, 0.4) is 0 Å². The van der Waals surface area contributed by atoms with Crippen LogP contribution in [0.2, 0.25) is 0 Å². The summed E-state index contributed by atoms with van der Waals surface area (Å²) < 4.78 is 8.09. The zero-order valence-electron chi connectivity index (χ0n) is 16.9. The van der Waals surface area contributed by atoms with E-state index in [9.17, 15) is 9.59 Å². The number of aryl methyl sites for hydroxylation is 2. The number of ether oxygens (including phenoxy) is 1. The van der Waals surface area contributed by atoms with Gasteiger partial charge in [-0.1, -0.05) is 30.3 Å². The minimum atomic E-state index is -0.292. The molecule has 0 radical (unpaired) electrons. The molecule has 0 aliphatic rings. The molecule has 152 valence electrons. The van der Waals surface area contributed by atoms with E-state index in [1.807, 2.05) is 31.2 Å². The maximum Gasteiger partial charge on any atom is 0.275 e. The average Bonchev–Trinajstić information content (AvgIpc) is 3.17.